The van der Waals surface area contributed by atoms with E-state index in [-0.39, 0.29) is 0 Å². The van der Waals surface area contributed by atoms with Crippen LogP contribution in [0.15, 0.2) is 6.07 Å². The van der Waals surface area contributed by atoms with Crippen molar-refractivity contribution in [2.75, 3.05) is 50.8 Å². The minimum absolute atomic E-state index is 0.501. The highest BCUT2D eigenvalue weighted by molar-refractivity contribution is 5.57. The summed E-state index contributed by atoms with van der Waals surface area (Å²) in [5.74, 6) is 1.73. The van der Waals surface area contributed by atoms with E-state index in [2.05, 4.69) is 41.2 Å². The Morgan fingerprint density at radius 1 is 1.12 bits per heavy atom. The molecule has 2 aromatic rings. The Balaban J connectivity index is 1.71. The lowest BCUT2D eigenvalue weighted by molar-refractivity contribution is 0.0844. The fourth-order valence-corrected chi connectivity index (χ4v) is 4.04. The van der Waals surface area contributed by atoms with Gasteiger partial charge in [-0.25, -0.2) is 4.98 Å². The normalized spacial score (nSPS) is 20.5. The van der Waals surface area contributed by atoms with Gasteiger partial charge in [-0.2, -0.15) is 9.61 Å². The highest BCUT2D eigenvalue weighted by Gasteiger charge is 2.24. The molecule has 2 aromatic heterocycles. The first-order chi connectivity index (χ1) is 12.2. The van der Waals surface area contributed by atoms with Crippen LogP contribution in [0, 0.1) is 13.8 Å². The molecule has 0 radical (unpaired) electrons. The second kappa shape index (κ2) is 6.92. The van der Waals surface area contributed by atoms with Crippen LogP contribution in [0.25, 0.3) is 5.65 Å². The number of aryl methyl sites for hydroxylation is 1. The predicted octanol–water partition coefficient (Wildman–Crippen LogP) is 2.38. The van der Waals surface area contributed by atoms with E-state index in [1.807, 2.05) is 0 Å². The Morgan fingerprint density at radius 2 is 1.84 bits per heavy atom. The zero-order valence-corrected chi connectivity index (χ0v) is 15.7. The van der Waals surface area contributed by atoms with Crippen molar-refractivity contribution >= 4 is 11.5 Å². The van der Waals surface area contributed by atoms with Crippen LogP contribution in [0.2, 0.25) is 0 Å². The molecule has 2 aliphatic rings. The van der Waals surface area contributed by atoms with Gasteiger partial charge >= 0.3 is 0 Å². The van der Waals surface area contributed by atoms with Crippen LogP contribution in [0.5, 0.6) is 0 Å². The first-order valence-electron chi connectivity index (χ1n) is 9.59. The Hall–Kier alpha value is -1.66. The van der Waals surface area contributed by atoms with Crippen LogP contribution in [-0.2, 0) is 4.74 Å². The first kappa shape index (κ1) is 16.8. The Bertz CT molecular complexity index is 742. The monoisotopic (exact) mass is 343 g/mol. The van der Waals surface area contributed by atoms with Gasteiger partial charge in [0.2, 0.25) is 0 Å². The Labute approximate surface area is 149 Å². The summed E-state index contributed by atoms with van der Waals surface area (Å²) in [5.41, 5.74) is 4.52. The average molecular weight is 343 g/mol. The van der Waals surface area contributed by atoms with E-state index in [1.165, 1.54) is 17.1 Å². The molecule has 0 bridgehead atoms. The number of hydrogen-bond donors (Lipinski definition) is 0. The van der Waals surface area contributed by atoms with Gasteiger partial charge in [0.25, 0.3) is 0 Å². The van der Waals surface area contributed by atoms with E-state index >= 15 is 0 Å². The summed E-state index contributed by atoms with van der Waals surface area (Å²) < 4.78 is 7.60. The van der Waals surface area contributed by atoms with Gasteiger partial charge in [-0.15, -0.1) is 0 Å². The van der Waals surface area contributed by atoms with Crippen LogP contribution < -0.4 is 4.90 Å². The highest BCUT2D eigenvalue weighted by Crippen LogP contribution is 2.30. The van der Waals surface area contributed by atoms with Crippen molar-refractivity contribution in [1.29, 1.82) is 0 Å². The van der Waals surface area contributed by atoms with Crippen LogP contribution in [0.3, 0.4) is 0 Å². The summed E-state index contributed by atoms with van der Waals surface area (Å²) in [6.45, 7) is 13.7. The third-order valence-electron chi connectivity index (χ3n) is 5.83. The molecule has 0 spiro atoms. The molecule has 25 heavy (non-hydrogen) atoms. The zero-order valence-electron chi connectivity index (χ0n) is 15.7. The maximum atomic E-state index is 5.51. The number of piperazine rings is 1. The first-order valence-corrected chi connectivity index (χ1v) is 9.59. The summed E-state index contributed by atoms with van der Waals surface area (Å²) in [5, 5.41) is 5.00. The summed E-state index contributed by atoms with van der Waals surface area (Å²) in [6, 6.07) is 2.19. The molecule has 2 saturated heterocycles. The lowest BCUT2D eigenvalue weighted by Gasteiger charge is -2.36. The molecule has 6 heteroatoms. The number of likely N-dealkylation sites (N-methyl/N-ethyl adjacent to an activating group) is 1. The number of hydrogen-bond acceptors (Lipinski definition) is 5. The second-order valence-corrected chi connectivity index (χ2v) is 7.29. The number of nitrogens with zero attached hydrogens (tertiary/aromatic N) is 5. The summed E-state index contributed by atoms with van der Waals surface area (Å²) >= 11 is 0. The van der Waals surface area contributed by atoms with Crippen LogP contribution in [0.4, 0.5) is 5.82 Å². The van der Waals surface area contributed by atoms with E-state index in [1.54, 1.807) is 0 Å². The number of rotatable bonds is 3. The molecule has 0 atom stereocenters. The van der Waals surface area contributed by atoms with Gasteiger partial charge in [-0.3, -0.25) is 0 Å². The van der Waals surface area contributed by atoms with Gasteiger partial charge in [0.15, 0.2) is 5.65 Å². The van der Waals surface area contributed by atoms with Crippen molar-refractivity contribution < 1.29 is 4.74 Å². The molecule has 2 aliphatic heterocycles. The largest absolute Gasteiger partial charge is 0.381 e. The summed E-state index contributed by atoms with van der Waals surface area (Å²) in [7, 11) is 0. The quantitative estimate of drug-likeness (QED) is 0.856. The minimum atomic E-state index is 0.501. The predicted molar refractivity (Wildman–Crippen MR) is 99.6 cm³/mol. The van der Waals surface area contributed by atoms with Crippen molar-refractivity contribution in [2.24, 2.45) is 0 Å². The maximum Gasteiger partial charge on any atom is 0.157 e. The summed E-state index contributed by atoms with van der Waals surface area (Å²) in [4.78, 5) is 9.81. The Kier molecular flexibility index (Phi) is 4.65. The minimum Gasteiger partial charge on any atom is -0.381 e. The molecular formula is C19H29N5O. The van der Waals surface area contributed by atoms with Crippen molar-refractivity contribution in [3.63, 3.8) is 0 Å². The molecular weight excluding hydrogens is 314 g/mol. The second-order valence-electron chi connectivity index (χ2n) is 7.29. The van der Waals surface area contributed by atoms with Gasteiger partial charge in [-0.1, -0.05) is 6.92 Å². The molecule has 0 saturated carbocycles. The Morgan fingerprint density at radius 3 is 2.52 bits per heavy atom. The molecule has 0 aliphatic carbocycles. The molecule has 6 nitrogen and oxygen atoms in total. The van der Waals surface area contributed by atoms with E-state index in [0.717, 1.165) is 70.1 Å². The van der Waals surface area contributed by atoms with Gasteiger partial charge in [0.05, 0.1) is 5.69 Å². The topological polar surface area (TPSA) is 45.9 Å². The van der Waals surface area contributed by atoms with Crippen molar-refractivity contribution in [2.45, 2.75) is 39.5 Å². The lowest BCUT2D eigenvalue weighted by atomic mass is 9.97. The number of anilines is 1. The molecule has 4 heterocycles. The molecule has 2 fully saturated rings. The SMILES string of the molecule is CCN1CCN(c2c(C)c(C)nc3cc(C4CCOCC4)nn23)CC1. The van der Waals surface area contributed by atoms with Crippen LogP contribution in [-0.4, -0.2) is 65.4 Å². The molecule has 136 valence electrons. The van der Waals surface area contributed by atoms with Crippen molar-refractivity contribution in [1.82, 2.24) is 19.5 Å². The highest BCUT2D eigenvalue weighted by atomic mass is 16.5. The number of fused-ring (bicyclic) bond motifs is 1. The van der Waals surface area contributed by atoms with Crippen LogP contribution >= 0.6 is 0 Å². The van der Waals surface area contributed by atoms with Gasteiger partial charge < -0.3 is 14.5 Å². The standard InChI is InChI=1S/C19H29N5O/c1-4-22-7-9-23(10-8-22)19-14(2)15(3)20-18-13-17(21-24(18)19)16-5-11-25-12-6-16/h13,16H,4-12H2,1-3H3. The summed E-state index contributed by atoms with van der Waals surface area (Å²) in [6.07, 6.45) is 2.12. The van der Waals surface area contributed by atoms with Gasteiger partial charge in [-0.05, 0) is 33.2 Å². The molecule has 4 rings (SSSR count). The fraction of sp³-hybridized carbons (Fsp3) is 0.684. The third-order valence-corrected chi connectivity index (χ3v) is 5.83. The number of aromatic nitrogens is 3. The molecule has 0 amide bonds. The molecule has 0 unspecified atom stereocenters. The van der Waals surface area contributed by atoms with Crippen LogP contribution in [0.1, 0.15) is 42.6 Å². The lowest BCUT2D eigenvalue weighted by Crippen LogP contribution is -2.47. The molecule has 0 N–H and O–H groups in total. The van der Waals surface area contributed by atoms with Gasteiger partial charge in [0, 0.05) is 62.6 Å². The van der Waals surface area contributed by atoms with E-state index < -0.39 is 0 Å². The van der Waals surface area contributed by atoms with E-state index in [0.29, 0.717) is 5.92 Å². The fourth-order valence-electron chi connectivity index (χ4n) is 4.04. The van der Waals surface area contributed by atoms with Crippen molar-refractivity contribution in [3.8, 4) is 0 Å². The average Bonchev–Trinajstić information content (AvgIpc) is 3.07. The maximum absolute atomic E-state index is 5.51. The van der Waals surface area contributed by atoms with Crippen molar-refractivity contribution in [3.05, 3.63) is 23.0 Å². The smallest absolute Gasteiger partial charge is 0.157 e. The third kappa shape index (κ3) is 3.13. The van der Waals surface area contributed by atoms with E-state index in [4.69, 9.17) is 14.8 Å². The zero-order chi connectivity index (χ0) is 17.4. The molecule has 0 aromatic carbocycles. The number of ether oxygens (including phenoxy) is 1. The van der Waals surface area contributed by atoms with E-state index in [9.17, 15) is 0 Å². The van der Waals surface area contributed by atoms with Gasteiger partial charge in [0.1, 0.15) is 5.82 Å².